The van der Waals surface area contributed by atoms with Crippen molar-refractivity contribution in [3.05, 3.63) is 47.4 Å². The molecular formula is C17H22N4O3S. The second-order valence-corrected chi connectivity index (χ2v) is 8.33. The van der Waals surface area contributed by atoms with E-state index in [0.29, 0.717) is 17.2 Å². The van der Waals surface area contributed by atoms with Crippen LogP contribution in [0, 0.1) is 6.92 Å². The lowest BCUT2D eigenvalue weighted by molar-refractivity contribution is 0.102. The minimum Gasteiger partial charge on any atom is -0.306 e. The maximum Gasteiger partial charge on any atom is 0.256 e. The first-order valence-electron chi connectivity index (χ1n) is 7.81. The van der Waals surface area contributed by atoms with Crippen molar-refractivity contribution in [1.29, 1.82) is 0 Å². The highest BCUT2D eigenvalue weighted by Crippen LogP contribution is 2.17. The molecule has 1 aromatic heterocycles. The summed E-state index contributed by atoms with van der Waals surface area (Å²) in [5.74, 6) is 0.863. The Bertz CT molecular complexity index is 875. The highest BCUT2D eigenvalue weighted by molar-refractivity contribution is 7.89. The van der Waals surface area contributed by atoms with Crippen LogP contribution >= 0.6 is 0 Å². The lowest BCUT2D eigenvalue weighted by Crippen LogP contribution is -2.22. The molecule has 8 heteroatoms. The SMILES string of the molecule is Cc1cc(NC(=O)c2ccc(S(=O)(=O)N(C)C)cc2)nc(C(C)C)n1. The molecule has 0 bridgehead atoms. The molecule has 0 atom stereocenters. The molecule has 0 saturated carbocycles. The Hall–Kier alpha value is -2.32. The number of amides is 1. The van der Waals surface area contributed by atoms with Crippen LogP contribution in [0.15, 0.2) is 35.2 Å². The molecule has 0 aliphatic carbocycles. The molecule has 0 fully saturated rings. The summed E-state index contributed by atoms with van der Waals surface area (Å²) in [4.78, 5) is 21.2. The van der Waals surface area contributed by atoms with Crippen LogP contribution in [0.3, 0.4) is 0 Å². The van der Waals surface area contributed by atoms with Crippen molar-refractivity contribution in [2.75, 3.05) is 19.4 Å². The minimum atomic E-state index is -3.52. The van der Waals surface area contributed by atoms with E-state index >= 15 is 0 Å². The van der Waals surface area contributed by atoms with Crippen LogP contribution in [0.25, 0.3) is 0 Å². The van der Waals surface area contributed by atoms with Gasteiger partial charge in [-0.05, 0) is 31.2 Å². The number of hydrogen-bond donors (Lipinski definition) is 1. The van der Waals surface area contributed by atoms with Gasteiger partial charge in [0.25, 0.3) is 5.91 Å². The second kappa shape index (κ2) is 7.28. The first-order valence-corrected chi connectivity index (χ1v) is 9.25. The largest absolute Gasteiger partial charge is 0.306 e. The molecule has 0 unspecified atom stereocenters. The quantitative estimate of drug-likeness (QED) is 0.882. The fourth-order valence-electron chi connectivity index (χ4n) is 2.09. The number of nitrogens with zero attached hydrogens (tertiary/aromatic N) is 3. The van der Waals surface area contributed by atoms with E-state index in [2.05, 4.69) is 15.3 Å². The molecule has 1 heterocycles. The van der Waals surface area contributed by atoms with Crippen molar-refractivity contribution in [3.8, 4) is 0 Å². The van der Waals surface area contributed by atoms with E-state index in [-0.39, 0.29) is 16.7 Å². The lowest BCUT2D eigenvalue weighted by atomic mass is 10.2. The van der Waals surface area contributed by atoms with Crippen LogP contribution in [0.4, 0.5) is 5.82 Å². The van der Waals surface area contributed by atoms with Crippen LogP contribution in [0.2, 0.25) is 0 Å². The molecule has 25 heavy (non-hydrogen) atoms. The number of aromatic nitrogens is 2. The van der Waals surface area contributed by atoms with E-state index in [0.717, 1.165) is 10.00 Å². The van der Waals surface area contributed by atoms with Crippen LogP contribution in [-0.2, 0) is 10.0 Å². The van der Waals surface area contributed by atoms with Gasteiger partial charge >= 0.3 is 0 Å². The zero-order valence-electron chi connectivity index (χ0n) is 14.9. The Morgan fingerprint density at radius 1 is 1.12 bits per heavy atom. The molecule has 134 valence electrons. The fraction of sp³-hybridized carbons (Fsp3) is 0.353. The molecule has 1 N–H and O–H groups in total. The van der Waals surface area contributed by atoms with Gasteiger partial charge in [-0.2, -0.15) is 0 Å². The summed E-state index contributed by atoms with van der Waals surface area (Å²) >= 11 is 0. The smallest absolute Gasteiger partial charge is 0.256 e. The topological polar surface area (TPSA) is 92.3 Å². The Morgan fingerprint density at radius 3 is 2.24 bits per heavy atom. The van der Waals surface area contributed by atoms with Crippen LogP contribution in [0.1, 0.15) is 41.6 Å². The number of hydrogen-bond acceptors (Lipinski definition) is 5. The lowest BCUT2D eigenvalue weighted by Gasteiger charge is -2.12. The number of anilines is 1. The Balaban J connectivity index is 2.22. The molecule has 2 rings (SSSR count). The van der Waals surface area contributed by atoms with E-state index in [1.165, 1.54) is 38.4 Å². The number of carbonyl (C=O) groups excluding carboxylic acids is 1. The van der Waals surface area contributed by atoms with Crippen LogP contribution in [0.5, 0.6) is 0 Å². The van der Waals surface area contributed by atoms with Crippen LogP contribution < -0.4 is 5.32 Å². The maximum atomic E-state index is 12.4. The van der Waals surface area contributed by atoms with E-state index in [1.54, 1.807) is 6.07 Å². The van der Waals surface area contributed by atoms with Gasteiger partial charge in [-0.1, -0.05) is 13.8 Å². The summed E-state index contributed by atoms with van der Waals surface area (Å²) in [6, 6.07) is 7.46. The molecule has 0 aliphatic rings. The first kappa shape index (κ1) is 19.0. The molecule has 0 spiro atoms. The van der Waals surface area contributed by atoms with E-state index in [1.807, 2.05) is 20.8 Å². The molecule has 0 saturated heterocycles. The highest BCUT2D eigenvalue weighted by atomic mass is 32.2. The van der Waals surface area contributed by atoms with Crippen molar-refractivity contribution in [2.45, 2.75) is 31.6 Å². The summed E-state index contributed by atoms with van der Waals surface area (Å²) in [5, 5.41) is 2.73. The van der Waals surface area contributed by atoms with Crippen molar-refractivity contribution in [1.82, 2.24) is 14.3 Å². The Morgan fingerprint density at radius 2 is 1.72 bits per heavy atom. The van der Waals surface area contributed by atoms with Gasteiger partial charge in [-0.25, -0.2) is 22.7 Å². The molecule has 2 aromatic rings. The number of carbonyl (C=O) groups is 1. The molecule has 0 radical (unpaired) electrons. The number of sulfonamides is 1. The summed E-state index contributed by atoms with van der Waals surface area (Å²) in [6.07, 6.45) is 0. The number of aryl methyl sites for hydroxylation is 1. The van der Waals surface area contributed by atoms with Gasteiger partial charge in [0.2, 0.25) is 10.0 Å². The average Bonchev–Trinajstić information content (AvgIpc) is 2.54. The Kier molecular flexibility index (Phi) is 5.54. The summed E-state index contributed by atoms with van der Waals surface area (Å²) in [7, 11) is -0.602. The predicted molar refractivity (Wildman–Crippen MR) is 96.1 cm³/mol. The standard InChI is InChI=1S/C17H22N4O3S/c1-11(2)16-18-12(3)10-15(19-16)20-17(22)13-6-8-14(9-7-13)25(23,24)21(4)5/h6-11H,1-5H3,(H,18,19,20,22). The summed E-state index contributed by atoms with van der Waals surface area (Å²) in [5.41, 5.74) is 1.11. The third kappa shape index (κ3) is 4.40. The van der Waals surface area contributed by atoms with E-state index in [9.17, 15) is 13.2 Å². The van der Waals surface area contributed by atoms with Gasteiger partial charge in [0, 0.05) is 37.3 Å². The van der Waals surface area contributed by atoms with E-state index in [4.69, 9.17) is 0 Å². The third-order valence-corrected chi connectivity index (χ3v) is 5.35. The van der Waals surface area contributed by atoms with Gasteiger partial charge in [0.1, 0.15) is 11.6 Å². The van der Waals surface area contributed by atoms with Crippen LogP contribution in [-0.4, -0.2) is 42.7 Å². The molecule has 1 amide bonds. The monoisotopic (exact) mass is 362 g/mol. The van der Waals surface area contributed by atoms with Gasteiger partial charge in [0.15, 0.2) is 0 Å². The Labute approximate surface area is 148 Å². The summed E-state index contributed by atoms with van der Waals surface area (Å²) < 4.78 is 25.2. The van der Waals surface area contributed by atoms with Crippen molar-refractivity contribution in [2.24, 2.45) is 0 Å². The minimum absolute atomic E-state index is 0.133. The van der Waals surface area contributed by atoms with Gasteiger partial charge < -0.3 is 5.32 Å². The zero-order chi connectivity index (χ0) is 18.8. The second-order valence-electron chi connectivity index (χ2n) is 6.17. The van der Waals surface area contributed by atoms with Crippen molar-refractivity contribution in [3.63, 3.8) is 0 Å². The number of benzene rings is 1. The first-order chi connectivity index (χ1) is 11.6. The molecule has 7 nitrogen and oxygen atoms in total. The number of nitrogens with one attached hydrogen (secondary N) is 1. The van der Waals surface area contributed by atoms with Gasteiger partial charge in [0.05, 0.1) is 4.90 Å². The maximum absolute atomic E-state index is 12.4. The number of rotatable bonds is 5. The van der Waals surface area contributed by atoms with E-state index < -0.39 is 10.0 Å². The zero-order valence-corrected chi connectivity index (χ0v) is 15.8. The fourth-order valence-corrected chi connectivity index (χ4v) is 2.99. The molecule has 0 aliphatic heterocycles. The van der Waals surface area contributed by atoms with Crippen molar-refractivity contribution < 1.29 is 13.2 Å². The van der Waals surface area contributed by atoms with Gasteiger partial charge in [-0.3, -0.25) is 4.79 Å². The molecule has 1 aromatic carbocycles. The summed E-state index contributed by atoms with van der Waals surface area (Å²) in [6.45, 7) is 5.79. The van der Waals surface area contributed by atoms with Gasteiger partial charge in [-0.15, -0.1) is 0 Å². The average molecular weight is 362 g/mol. The normalized spacial score (nSPS) is 11.8. The predicted octanol–water partition coefficient (Wildman–Crippen LogP) is 2.41. The third-order valence-electron chi connectivity index (χ3n) is 3.52. The molecular weight excluding hydrogens is 340 g/mol. The van der Waals surface area contributed by atoms with Crippen molar-refractivity contribution >= 4 is 21.7 Å². The highest BCUT2D eigenvalue weighted by Gasteiger charge is 2.18.